The molecular weight excluding hydrogens is 231 g/mol. The third-order valence-corrected chi connectivity index (χ3v) is 3.81. The van der Waals surface area contributed by atoms with E-state index < -0.39 is 0 Å². The van der Waals surface area contributed by atoms with Crippen molar-refractivity contribution in [3.8, 4) is 0 Å². The zero-order valence-corrected chi connectivity index (χ0v) is 12.7. The highest BCUT2D eigenvalue weighted by atomic mass is 15.1. The molecule has 2 nitrogen and oxygen atoms in total. The number of rotatable bonds is 4. The molecule has 0 spiro atoms. The molecule has 0 amide bonds. The van der Waals surface area contributed by atoms with Gasteiger partial charge in [-0.15, -0.1) is 0 Å². The smallest absolute Gasteiger partial charge is 0.217 e. The van der Waals surface area contributed by atoms with E-state index in [0.29, 0.717) is 0 Å². The largest absolute Gasteiger partial charge is 0.421 e. The maximum absolute atomic E-state index is 2.38. The molecule has 0 bridgehead atoms. The van der Waals surface area contributed by atoms with Gasteiger partial charge < -0.3 is 9.71 Å². The lowest BCUT2D eigenvalue weighted by molar-refractivity contribution is 0.413. The van der Waals surface area contributed by atoms with Gasteiger partial charge in [0.25, 0.3) is 0 Å². The van der Waals surface area contributed by atoms with Crippen LogP contribution in [0, 0.1) is 5.92 Å². The Bertz CT molecular complexity index is 437. The van der Waals surface area contributed by atoms with Gasteiger partial charge in [0, 0.05) is 18.8 Å². The van der Waals surface area contributed by atoms with Crippen molar-refractivity contribution in [2.45, 2.75) is 19.8 Å². The van der Waals surface area contributed by atoms with Crippen LogP contribution in [0.25, 0.3) is 5.70 Å². The van der Waals surface area contributed by atoms with Crippen molar-refractivity contribution in [1.82, 2.24) is 9.71 Å². The normalized spacial score (nSPS) is 19.7. The monoisotopic (exact) mass is 256 g/mol. The van der Waals surface area contributed by atoms with Gasteiger partial charge in [0.15, 0.2) is 0 Å². The van der Waals surface area contributed by atoms with Crippen LogP contribution in [0.5, 0.6) is 0 Å². The summed E-state index contributed by atoms with van der Waals surface area (Å²) in [5.74, 6) is 0.771. The Morgan fingerprint density at radius 1 is 1.26 bits per heavy atom. The van der Waals surface area contributed by atoms with E-state index >= 15 is 0 Å². The summed E-state index contributed by atoms with van der Waals surface area (Å²) in [6, 6.07) is 9.07. The predicted octanol–water partition coefficient (Wildman–Crippen LogP) is 2.02. The quantitative estimate of drug-likeness (QED) is 0.760. The third kappa shape index (κ3) is 3.87. The fourth-order valence-electron chi connectivity index (χ4n) is 2.64. The van der Waals surface area contributed by atoms with Gasteiger partial charge in [0.1, 0.15) is 0 Å². The van der Waals surface area contributed by atoms with E-state index in [1.165, 1.54) is 23.2 Å². The molecule has 1 heterocycles. The summed E-state index contributed by atoms with van der Waals surface area (Å²) in [4.78, 5) is 4.61. The van der Waals surface area contributed by atoms with Crippen LogP contribution in [-0.2, 0) is 6.42 Å². The first-order chi connectivity index (χ1) is 9.06. The van der Waals surface area contributed by atoms with E-state index in [1.807, 2.05) is 0 Å². The Labute approximate surface area is 118 Å². The van der Waals surface area contributed by atoms with Gasteiger partial charge in [-0.2, -0.15) is 0 Å². The first kappa shape index (κ1) is 14.2. The number of likely N-dealkylation sites (N-methyl/N-ethyl adjacent to an activating group) is 1. The maximum Gasteiger partial charge on any atom is 0.217 e. The fourth-order valence-corrected chi connectivity index (χ4v) is 2.64. The molecule has 2 rings (SSSR count). The summed E-state index contributed by atoms with van der Waals surface area (Å²) in [6.45, 7) is 4.59. The molecule has 0 fully saturated rings. The van der Waals surface area contributed by atoms with Crippen molar-refractivity contribution in [2.24, 2.45) is 5.92 Å². The molecule has 1 atom stereocenters. The average Bonchev–Trinajstić information content (AvgIpc) is 2.37. The van der Waals surface area contributed by atoms with Crippen molar-refractivity contribution >= 4 is 13.7 Å². The van der Waals surface area contributed by atoms with Crippen LogP contribution >= 0.6 is 0 Å². The minimum atomic E-state index is 0.771. The Hall–Kier alpha value is -1.22. The molecule has 1 unspecified atom stereocenters. The molecule has 0 aliphatic carbocycles. The summed E-state index contributed by atoms with van der Waals surface area (Å²) >= 11 is 0. The summed E-state index contributed by atoms with van der Waals surface area (Å²) in [7, 11) is 6.44. The highest BCUT2D eigenvalue weighted by molar-refractivity contribution is 6.09. The standard InChI is InChI=1S/C16H25BN2/c1-13-4-9-16(19(17)12-13)15-7-5-14(6-8-15)10-11-18(2)3/h5-9,13H,4,10-12,17H2,1-3H3. The molecule has 19 heavy (non-hydrogen) atoms. The molecule has 1 aromatic carbocycles. The van der Waals surface area contributed by atoms with Gasteiger partial charge in [0.05, 0.1) is 0 Å². The summed E-state index contributed by atoms with van der Waals surface area (Å²) in [6.07, 6.45) is 4.70. The van der Waals surface area contributed by atoms with Crippen molar-refractivity contribution in [2.75, 3.05) is 27.2 Å². The van der Waals surface area contributed by atoms with Crippen molar-refractivity contribution in [3.05, 3.63) is 41.5 Å². The average molecular weight is 256 g/mol. The van der Waals surface area contributed by atoms with Crippen LogP contribution in [0.4, 0.5) is 0 Å². The zero-order valence-electron chi connectivity index (χ0n) is 12.7. The first-order valence-corrected chi connectivity index (χ1v) is 7.21. The van der Waals surface area contributed by atoms with Gasteiger partial charge in [-0.1, -0.05) is 37.3 Å². The summed E-state index contributed by atoms with van der Waals surface area (Å²) < 4.78 is 0. The molecule has 0 saturated heterocycles. The van der Waals surface area contributed by atoms with Gasteiger partial charge in [-0.3, -0.25) is 0 Å². The van der Waals surface area contributed by atoms with Gasteiger partial charge in [0.2, 0.25) is 7.98 Å². The molecule has 1 aliphatic rings. The molecule has 0 saturated carbocycles. The third-order valence-electron chi connectivity index (χ3n) is 3.81. The molecule has 0 radical (unpaired) electrons. The second-order valence-electron chi connectivity index (χ2n) is 6.06. The molecular formula is C16H25BN2. The van der Waals surface area contributed by atoms with E-state index in [0.717, 1.165) is 25.4 Å². The van der Waals surface area contributed by atoms with E-state index in [4.69, 9.17) is 0 Å². The van der Waals surface area contributed by atoms with Crippen molar-refractivity contribution in [1.29, 1.82) is 0 Å². The Kier molecular flexibility index (Phi) is 4.70. The zero-order chi connectivity index (χ0) is 13.8. The van der Waals surface area contributed by atoms with Crippen LogP contribution in [0.2, 0.25) is 0 Å². The lowest BCUT2D eigenvalue weighted by Gasteiger charge is -2.31. The highest BCUT2D eigenvalue weighted by Crippen LogP contribution is 2.25. The number of benzene rings is 1. The molecule has 3 heteroatoms. The minimum Gasteiger partial charge on any atom is -0.421 e. The molecule has 0 N–H and O–H groups in total. The fraction of sp³-hybridized carbons (Fsp3) is 0.500. The Balaban J connectivity index is 2.06. The van der Waals surface area contributed by atoms with Crippen LogP contribution in [0.1, 0.15) is 24.5 Å². The number of nitrogens with zero attached hydrogens (tertiary/aromatic N) is 2. The minimum absolute atomic E-state index is 0.771. The Morgan fingerprint density at radius 3 is 2.53 bits per heavy atom. The van der Waals surface area contributed by atoms with E-state index in [2.05, 4.69) is 69.1 Å². The van der Waals surface area contributed by atoms with E-state index in [9.17, 15) is 0 Å². The molecule has 0 aromatic heterocycles. The van der Waals surface area contributed by atoms with Gasteiger partial charge in [-0.25, -0.2) is 0 Å². The number of hydrogen-bond acceptors (Lipinski definition) is 2. The lowest BCUT2D eigenvalue weighted by Crippen LogP contribution is -2.28. The highest BCUT2D eigenvalue weighted by Gasteiger charge is 2.15. The number of allylic oxidation sites excluding steroid dienone is 1. The predicted molar refractivity (Wildman–Crippen MR) is 85.7 cm³/mol. The van der Waals surface area contributed by atoms with Crippen LogP contribution in [0.3, 0.4) is 0 Å². The molecule has 102 valence electrons. The van der Waals surface area contributed by atoms with Crippen molar-refractivity contribution in [3.63, 3.8) is 0 Å². The maximum atomic E-state index is 2.38. The van der Waals surface area contributed by atoms with Crippen LogP contribution in [-0.4, -0.2) is 44.9 Å². The van der Waals surface area contributed by atoms with E-state index in [-0.39, 0.29) is 0 Å². The Morgan fingerprint density at radius 2 is 1.95 bits per heavy atom. The van der Waals surface area contributed by atoms with Crippen LogP contribution in [0.15, 0.2) is 30.3 Å². The van der Waals surface area contributed by atoms with E-state index in [1.54, 1.807) is 0 Å². The molecule has 1 aromatic rings. The second-order valence-corrected chi connectivity index (χ2v) is 6.06. The van der Waals surface area contributed by atoms with Gasteiger partial charge in [-0.05, 0) is 44.0 Å². The first-order valence-electron chi connectivity index (χ1n) is 7.21. The van der Waals surface area contributed by atoms with Crippen molar-refractivity contribution < 1.29 is 0 Å². The van der Waals surface area contributed by atoms with Gasteiger partial charge >= 0.3 is 0 Å². The number of hydrogen-bond donors (Lipinski definition) is 0. The topological polar surface area (TPSA) is 6.48 Å². The second kappa shape index (κ2) is 6.29. The lowest BCUT2D eigenvalue weighted by atomic mass is 9.95. The SMILES string of the molecule is BN1CC(C)CC=C1c1ccc(CCN(C)C)cc1. The summed E-state index contributed by atoms with van der Waals surface area (Å²) in [5.41, 5.74) is 4.16. The van der Waals surface area contributed by atoms with Crippen LogP contribution < -0.4 is 0 Å². The molecule has 1 aliphatic heterocycles. The summed E-state index contributed by atoms with van der Waals surface area (Å²) in [5, 5.41) is 0.